The third-order valence-corrected chi connectivity index (χ3v) is 4.63. The van der Waals surface area contributed by atoms with Crippen molar-refractivity contribution in [1.29, 1.82) is 0 Å². The van der Waals surface area contributed by atoms with Crippen LogP contribution in [0.3, 0.4) is 0 Å². The number of carboxylic acid groups (broad SMARTS) is 1. The molecular weight excluding hydrogens is 290 g/mol. The van der Waals surface area contributed by atoms with Crippen LogP contribution in [0.2, 0.25) is 0 Å². The minimum Gasteiger partial charge on any atom is -0.480 e. The quantitative estimate of drug-likeness (QED) is 0.786. The molecule has 1 rings (SSSR count). The number of ether oxygens (including phenoxy) is 1. The van der Waals surface area contributed by atoms with Crippen molar-refractivity contribution in [2.45, 2.75) is 64.5 Å². The fourth-order valence-electron chi connectivity index (χ4n) is 2.33. The lowest BCUT2D eigenvalue weighted by Crippen LogP contribution is -2.45. The number of hydrogen-bond donors (Lipinski definition) is 2. The van der Waals surface area contributed by atoms with Crippen molar-refractivity contribution in [2.75, 3.05) is 11.5 Å². The molecular formula is C15H27NO4S. The number of carbonyl (C=O) groups is 2. The minimum absolute atomic E-state index is 0.380. The number of thioether (sulfide) groups is 1. The average Bonchev–Trinajstić information content (AvgIpc) is 2.36. The normalized spacial score (nSPS) is 18.0. The number of alkyl carbamates (subject to hydrolysis) is 1. The van der Waals surface area contributed by atoms with Gasteiger partial charge in [-0.05, 0) is 45.3 Å². The highest BCUT2D eigenvalue weighted by molar-refractivity contribution is 7.99. The molecule has 6 heteroatoms. The second-order valence-electron chi connectivity index (χ2n) is 6.58. The molecule has 0 aromatic heterocycles. The highest BCUT2D eigenvalue weighted by Gasteiger charge is 2.24. The van der Waals surface area contributed by atoms with Gasteiger partial charge in [-0.25, -0.2) is 9.59 Å². The van der Waals surface area contributed by atoms with Gasteiger partial charge in [0.05, 0.1) is 0 Å². The van der Waals surface area contributed by atoms with Crippen LogP contribution in [0.25, 0.3) is 0 Å². The van der Waals surface area contributed by atoms with Gasteiger partial charge >= 0.3 is 12.1 Å². The number of nitrogens with one attached hydrogen (secondary N) is 1. The molecule has 1 fully saturated rings. The van der Waals surface area contributed by atoms with Gasteiger partial charge in [0, 0.05) is 5.75 Å². The summed E-state index contributed by atoms with van der Waals surface area (Å²) in [7, 11) is 0. The van der Waals surface area contributed by atoms with Gasteiger partial charge in [0.2, 0.25) is 0 Å². The molecule has 0 aromatic carbocycles. The SMILES string of the molecule is CC(C)(C)OC(=O)NC(CSCC1CCCCC1)C(=O)O. The second-order valence-corrected chi connectivity index (χ2v) is 7.65. The summed E-state index contributed by atoms with van der Waals surface area (Å²) in [4.78, 5) is 22.8. The summed E-state index contributed by atoms with van der Waals surface area (Å²) in [5.74, 6) is 1.03. The Morgan fingerprint density at radius 2 is 1.90 bits per heavy atom. The fraction of sp³-hybridized carbons (Fsp3) is 0.867. The van der Waals surface area contributed by atoms with Crippen LogP contribution in [-0.4, -0.2) is 40.3 Å². The molecule has 122 valence electrons. The number of rotatable bonds is 6. The number of amides is 1. The molecule has 0 bridgehead atoms. The predicted molar refractivity (Wildman–Crippen MR) is 84.7 cm³/mol. The van der Waals surface area contributed by atoms with Crippen molar-refractivity contribution in [2.24, 2.45) is 5.92 Å². The van der Waals surface area contributed by atoms with Crippen LogP contribution in [0, 0.1) is 5.92 Å². The zero-order valence-corrected chi connectivity index (χ0v) is 14.0. The maximum atomic E-state index is 11.6. The highest BCUT2D eigenvalue weighted by Crippen LogP contribution is 2.26. The van der Waals surface area contributed by atoms with Gasteiger partial charge in [0.15, 0.2) is 0 Å². The Morgan fingerprint density at radius 1 is 1.29 bits per heavy atom. The van der Waals surface area contributed by atoms with Gasteiger partial charge in [0.25, 0.3) is 0 Å². The number of carbonyl (C=O) groups excluding carboxylic acids is 1. The van der Waals surface area contributed by atoms with E-state index in [1.165, 1.54) is 32.1 Å². The molecule has 1 unspecified atom stereocenters. The molecule has 0 aromatic rings. The molecule has 0 aliphatic heterocycles. The Labute approximate surface area is 131 Å². The van der Waals surface area contributed by atoms with Crippen LogP contribution < -0.4 is 5.32 Å². The number of carboxylic acids is 1. The molecule has 0 heterocycles. The van der Waals surface area contributed by atoms with Crippen molar-refractivity contribution in [1.82, 2.24) is 5.32 Å². The van der Waals surface area contributed by atoms with E-state index in [1.807, 2.05) is 0 Å². The smallest absolute Gasteiger partial charge is 0.408 e. The Bertz CT molecular complexity index is 348. The first-order valence-corrected chi connectivity index (χ1v) is 8.73. The third-order valence-electron chi connectivity index (χ3n) is 3.35. The molecule has 21 heavy (non-hydrogen) atoms. The van der Waals surface area contributed by atoms with Crippen molar-refractivity contribution < 1.29 is 19.4 Å². The summed E-state index contributed by atoms with van der Waals surface area (Å²) in [6.07, 6.45) is 5.69. The van der Waals surface area contributed by atoms with Gasteiger partial charge in [-0.1, -0.05) is 19.3 Å². The molecule has 1 atom stereocenters. The Morgan fingerprint density at radius 3 is 2.43 bits per heavy atom. The van der Waals surface area contributed by atoms with E-state index >= 15 is 0 Å². The lowest BCUT2D eigenvalue weighted by atomic mass is 9.91. The van der Waals surface area contributed by atoms with Crippen molar-refractivity contribution in [3.05, 3.63) is 0 Å². The minimum atomic E-state index is -1.02. The monoisotopic (exact) mass is 317 g/mol. The summed E-state index contributed by atoms with van der Waals surface area (Å²) in [6.45, 7) is 5.25. The van der Waals surface area contributed by atoms with Crippen molar-refractivity contribution in [3.8, 4) is 0 Å². The molecule has 1 amide bonds. The van der Waals surface area contributed by atoms with E-state index < -0.39 is 23.7 Å². The van der Waals surface area contributed by atoms with Crippen molar-refractivity contribution in [3.63, 3.8) is 0 Å². The zero-order valence-electron chi connectivity index (χ0n) is 13.2. The summed E-state index contributed by atoms with van der Waals surface area (Å²) in [5, 5.41) is 11.6. The maximum absolute atomic E-state index is 11.6. The van der Waals surface area contributed by atoms with Gasteiger partial charge < -0.3 is 15.2 Å². The molecule has 1 aliphatic carbocycles. The third kappa shape index (κ3) is 8.19. The van der Waals surface area contributed by atoms with Gasteiger partial charge in [-0.2, -0.15) is 11.8 Å². The lowest BCUT2D eigenvalue weighted by Gasteiger charge is -2.23. The lowest BCUT2D eigenvalue weighted by molar-refractivity contribution is -0.138. The summed E-state index contributed by atoms with van der Waals surface area (Å²) < 4.78 is 5.09. The van der Waals surface area contributed by atoms with Crippen LogP contribution in [0.4, 0.5) is 4.79 Å². The second kappa shape index (κ2) is 8.51. The van der Waals surface area contributed by atoms with Crippen LogP contribution in [0.5, 0.6) is 0 Å². The van der Waals surface area contributed by atoms with Crippen LogP contribution >= 0.6 is 11.8 Å². The summed E-state index contributed by atoms with van der Waals surface area (Å²) in [6, 6.07) is -0.895. The Kier molecular flexibility index (Phi) is 7.35. The number of hydrogen-bond acceptors (Lipinski definition) is 4. The average molecular weight is 317 g/mol. The van der Waals surface area contributed by atoms with E-state index in [4.69, 9.17) is 4.74 Å². The van der Waals surface area contributed by atoms with Gasteiger partial charge in [-0.15, -0.1) is 0 Å². The largest absolute Gasteiger partial charge is 0.480 e. The molecule has 0 spiro atoms. The number of aliphatic carboxylic acids is 1. The predicted octanol–water partition coefficient (Wildman–Crippen LogP) is 3.28. The first-order chi connectivity index (χ1) is 9.78. The standard InChI is InChI=1S/C15H27NO4S/c1-15(2,3)20-14(19)16-12(13(17)18)10-21-9-11-7-5-4-6-8-11/h11-12H,4-10H2,1-3H3,(H,16,19)(H,17,18). The first kappa shape index (κ1) is 18.1. The Balaban J connectivity index is 2.32. The van der Waals surface area contributed by atoms with E-state index in [-0.39, 0.29) is 0 Å². The van der Waals surface area contributed by atoms with Crippen molar-refractivity contribution >= 4 is 23.8 Å². The fourth-order valence-corrected chi connectivity index (χ4v) is 3.60. The van der Waals surface area contributed by atoms with Crippen LogP contribution in [-0.2, 0) is 9.53 Å². The molecule has 5 nitrogen and oxygen atoms in total. The summed E-state index contributed by atoms with van der Waals surface area (Å²) >= 11 is 1.61. The molecule has 0 saturated heterocycles. The highest BCUT2D eigenvalue weighted by atomic mass is 32.2. The topological polar surface area (TPSA) is 75.6 Å². The van der Waals surface area contributed by atoms with Gasteiger partial charge in [-0.3, -0.25) is 0 Å². The Hall–Kier alpha value is -0.910. The van der Waals surface area contributed by atoms with Crippen LogP contribution in [0.15, 0.2) is 0 Å². The maximum Gasteiger partial charge on any atom is 0.408 e. The molecule has 1 saturated carbocycles. The van der Waals surface area contributed by atoms with E-state index in [9.17, 15) is 14.7 Å². The summed E-state index contributed by atoms with van der Waals surface area (Å²) in [5.41, 5.74) is -0.623. The molecule has 1 aliphatic rings. The van der Waals surface area contributed by atoms with E-state index in [1.54, 1.807) is 32.5 Å². The molecule has 0 radical (unpaired) electrons. The first-order valence-electron chi connectivity index (χ1n) is 7.58. The molecule has 2 N–H and O–H groups in total. The van der Waals surface area contributed by atoms with E-state index in [0.29, 0.717) is 11.7 Å². The van der Waals surface area contributed by atoms with Gasteiger partial charge in [0.1, 0.15) is 11.6 Å². The van der Waals surface area contributed by atoms with Crippen LogP contribution in [0.1, 0.15) is 52.9 Å². The zero-order chi connectivity index (χ0) is 15.9. The van der Waals surface area contributed by atoms with E-state index in [0.717, 1.165) is 5.75 Å². The van der Waals surface area contributed by atoms with E-state index in [2.05, 4.69) is 5.32 Å².